The van der Waals surface area contributed by atoms with Crippen LogP contribution in [0, 0.1) is 6.92 Å². The predicted molar refractivity (Wildman–Crippen MR) is 65.1 cm³/mol. The Labute approximate surface area is 101 Å². The molecule has 0 spiro atoms. The Kier molecular flexibility index (Phi) is 4.62. The lowest BCUT2D eigenvalue weighted by molar-refractivity contribution is 0.0771. The maximum atomic E-state index is 12.0. The van der Waals surface area contributed by atoms with Crippen LogP contribution in [0.1, 0.15) is 22.8 Å². The smallest absolute Gasteiger partial charge is 0.257 e. The van der Waals surface area contributed by atoms with E-state index in [4.69, 9.17) is 11.6 Å². The van der Waals surface area contributed by atoms with Crippen LogP contribution >= 0.6 is 11.6 Å². The van der Waals surface area contributed by atoms with Gasteiger partial charge in [0.2, 0.25) is 0 Å². The summed E-state index contributed by atoms with van der Waals surface area (Å²) >= 11 is 5.62. The van der Waals surface area contributed by atoms with Crippen LogP contribution < -0.4 is 0 Å². The molecule has 0 saturated carbocycles. The van der Waals surface area contributed by atoms with Crippen molar-refractivity contribution >= 4 is 17.5 Å². The van der Waals surface area contributed by atoms with E-state index in [1.165, 1.54) is 6.07 Å². The van der Waals surface area contributed by atoms with E-state index < -0.39 is 0 Å². The van der Waals surface area contributed by atoms with Crippen LogP contribution in [0.25, 0.3) is 0 Å². The fraction of sp³-hybridized carbons (Fsp3) is 0.417. The van der Waals surface area contributed by atoms with E-state index in [0.717, 1.165) is 5.56 Å². The topological polar surface area (TPSA) is 40.5 Å². The van der Waals surface area contributed by atoms with E-state index in [9.17, 15) is 9.90 Å². The molecule has 1 rings (SSSR count). The van der Waals surface area contributed by atoms with Crippen LogP contribution in [-0.2, 0) is 0 Å². The Morgan fingerprint density at radius 1 is 1.50 bits per heavy atom. The fourth-order valence-corrected chi connectivity index (χ4v) is 1.70. The average Bonchev–Trinajstić information content (AvgIpc) is 2.28. The molecule has 3 nitrogen and oxygen atoms in total. The Morgan fingerprint density at radius 3 is 2.75 bits per heavy atom. The second kappa shape index (κ2) is 5.75. The van der Waals surface area contributed by atoms with Gasteiger partial charge in [0.05, 0.1) is 5.56 Å². The minimum absolute atomic E-state index is 0.0172. The van der Waals surface area contributed by atoms with Gasteiger partial charge >= 0.3 is 0 Å². The van der Waals surface area contributed by atoms with Gasteiger partial charge in [-0.05, 0) is 26.0 Å². The van der Waals surface area contributed by atoms with Crippen LogP contribution in [0.3, 0.4) is 0 Å². The van der Waals surface area contributed by atoms with Crippen LogP contribution in [-0.4, -0.2) is 34.9 Å². The first-order valence-electron chi connectivity index (χ1n) is 5.25. The molecule has 1 aromatic carbocycles. The van der Waals surface area contributed by atoms with Gasteiger partial charge < -0.3 is 10.0 Å². The summed E-state index contributed by atoms with van der Waals surface area (Å²) in [6, 6.07) is 5.00. The minimum atomic E-state index is -0.177. The Morgan fingerprint density at radius 2 is 2.19 bits per heavy atom. The Balaban J connectivity index is 2.98. The molecule has 0 aliphatic carbocycles. The lowest BCUT2D eigenvalue weighted by Crippen LogP contribution is -2.32. The minimum Gasteiger partial charge on any atom is -0.507 e. The number of hydrogen-bond donors (Lipinski definition) is 1. The third-order valence-corrected chi connectivity index (χ3v) is 2.57. The zero-order valence-electron chi connectivity index (χ0n) is 9.53. The first-order valence-corrected chi connectivity index (χ1v) is 5.78. The number of phenols is 1. The van der Waals surface area contributed by atoms with E-state index in [-0.39, 0.29) is 11.7 Å². The summed E-state index contributed by atoms with van der Waals surface area (Å²) in [7, 11) is 0. The van der Waals surface area contributed by atoms with Crippen molar-refractivity contribution in [3.63, 3.8) is 0 Å². The highest BCUT2D eigenvalue weighted by atomic mass is 35.5. The van der Waals surface area contributed by atoms with Gasteiger partial charge in [0.15, 0.2) is 0 Å². The van der Waals surface area contributed by atoms with Crippen molar-refractivity contribution in [2.45, 2.75) is 13.8 Å². The number of alkyl halides is 1. The third-order valence-electron chi connectivity index (χ3n) is 2.41. The van der Waals surface area contributed by atoms with Crippen molar-refractivity contribution in [2.75, 3.05) is 19.0 Å². The average molecular weight is 242 g/mol. The summed E-state index contributed by atoms with van der Waals surface area (Å²) in [5, 5.41) is 9.64. The lowest BCUT2D eigenvalue weighted by atomic mass is 10.1. The van der Waals surface area contributed by atoms with E-state index in [0.29, 0.717) is 24.5 Å². The van der Waals surface area contributed by atoms with E-state index in [1.807, 2.05) is 13.8 Å². The first kappa shape index (κ1) is 12.8. The van der Waals surface area contributed by atoms with Crippen LogP contribution in [0.2, 0.25) is 0 Å². The number of amides is 1. The number of benzene rings is 1. The molecule has 1 amide bonds. The molecule has 0 saturated heterocycles. The van der Waals surface area contributed by atoms with Crippen molar-refractivity contribution in [2.24, 2.45) is 0 Å². The van der Waals surface area contributed by atoms with Crippen LogP contribution in [0.15, 0.2) is 18.2 Å². The number of carbonyl (C=O) groups excluding carboxylic acids is 1. The van der Waals surface area contributed by atoms with Crippen LogP contribution in [0.4, 0.5) is 0 Å². The number of aryl methyl sites for hydroxylation is 1. The monoisotopic (exact) mass is 241 g/mol. The summed E-state index contributed by atoms with van der Waals surface area (Å²) in [5.74, 6) is 0.236. The first-order chi connectivity index (χ1) is 7.60. The largest absolute Gasteiger partial charge is 0.507 e. The second-order valence-corrected chi connectivity index (χ2v) is 3.97. The van der Waals surface area contributed by atoms with E-state index in [1.54, 1.807) is 17.0 Å². The van der Waals surface area contributed by atoms with Gasteiger partial charge in [-0.1, -0.05) is 11.6 Å². The molecule has 88 valence electrons. The summed E-state index contributed by atoms with van der Waals surface area (Å²) in [6.45, 7) is 4.84. The van der Waals surface area contributed by atoms with Crippen LogP contribution in [0.5, 0.6) is 5.75 Å². The molecule has 0 aromatic heterocycles. The number of carbonyl (C=O) groups is 1. The molecular weight excluding hydrogens is 226 g/mol. The molecule has 16 heavy (non-hydrogen) atoms. The standard InChI is InChI=1S/C12H16ClNO2/c1-3-14(7-6-13)12(16)10-8-9(2)4-5-11(10)15/h4-5,8,15H,3,6-7H2,1-2H3. The normalized spacial score (nSPS) is 10.2. The third kappa shape index (κ3) is 2.89. The van der Waals surface area contributed by atoms with Gasteiger partial charge in [-0.2, -0.15) is 0 Å². The van der Waals surface area contributed by atoms with E-state index in [2.05, 4.69) is 0 Å². The van der Waals surface area contributed by atoms with Crippen molar-refractivity contribution in [3.05, 3.63) is 29.3 Å². The Bertz CT molecular complexity index is 379. The molecule has 0 unspecified atom stereocenters. The lowest BCUT2D eigenvalue weighted by Gasteiger charge is -2.20. The highest BCUT2D eigenvalue weighted by molar-refractivity contribution is 6.18. The zero-order chi connectivity index (χ0) is 12.1. The molecule has 0 bridgehead atoms. The maximum Gasteiger partial charge on any atom is 0.257 e. The van der Waals surface area contributed by atoms with E-state index >= 15 is 0 Å². The molecule has 0 atom stereocenters. The molecule has 0 aliphatic heterocycles. The van der Waals surface area contributed by atoms with Gasteiger partial charge in [0.25, 0.3) is 5.91 Å². The number of rotatable bonds is 4. The number of phenolic OH excluding ortho intramolecular Hbond substituents is 1. The fourth-order valence-electron chi connectivity index (χ4n) is 1.50. The zero-order valence-corrected chi connectivity index (χ0v) is 10.3. The van der Waals surface area contributed by atoms with Gasteiger partial charge in [0, 0.05) is 19.0 Å². The maximum absolute atomic E-state index is 12.0. The van der Waals surface area contributed by atoms with Gasteiger partial charge in [-0.15, -0.1) is 11.6 Å². The van der Waals surface area contributed by atoms with Crippen molar-refractivity contribution in [3.8, 4) is 5.75 Å². The number of aromatic hydroxyl groups is 1. The number of hydrogen-bond acceptors (Lipinski definition) is 2. The quantitative estimate of drug-likeness (QED) is 0.823. The highest BCUT2D eigenvalue weighted by Gasteiger charge is 2.17. The molecule has 0 radical (unpaired) electrons. The summed E-state index contributed by atoms with van der Waals surface area (Å²) < 4.78 is 0. The molecule has 1 aromatic rings. The number of halogens is 1. The highest BCUT2D eigenvalue weighted by Crippen LogP contribution is 2.20. The Hall–Kier alpha value is -1.22. The molecule has 0 aliphatic rings. The number of nitrogens with zero attached hydrogens (tertiary/aromatic N) is 1. The molecule has 0 heterocycles. The van der Waals surface area contributed by atoms with Crippen molar-refractivity contribution in [1.82, 2.24) is 4.90 Å². The van der Waals surface area contributed by atoms with Gasteiger partial charge in [-0.25, -0.2) is 0 Å². The summed E-state index contributed by atoms with van der Waals surface area (Å²) in [5.41, 5.74) is 1.29. The SMILES string of the molecule is CCN(CCCl)C(=O)c1cc(C)ccc1O. The van der Waals surface area contributed by atoms with Crippen molar-refractivity contribution in [1.29, 1.82) is 0 Å². The summed E-state index contributed by atoms with van der Waals surface area (Å²) in [6.07, 6.45) is 0. The summed E-state index contributed by atoms with van der Waals surface area (Å²) in [4.78, 5) is 13.7. The second-order valence-electron chi connectivity index (χ2n) is 3.59. The predicted octanol–water partition coefficient (Wildman–Crippen LogP) is 2.40. The molecule has 1 N–H and O–H groups in total. The van der Waals surface area contributed by atoms with Gasteiger partial charge in [0.1, 0.15) is 5.75 Å². The molecular formula is C12H16ClNO2. The van der Waals surface area contributed by atoms with Crippen molar-refractivity contribution < 1.29 is 9.90 Å². The van der Waals surface area contributed by atoms with Gasteiger partial charge in [-0.3, -0.25) is 4.79 Å². The molecule has 4 heteroatoms. The molecule has 0 fully saturated rings.